The Morgan fingerprint density at radius 3 is 2.91 bits per heavy atom. The number of nitrogens with zero attached hydrogens (tertiary/aromatic N) is 3. The molecular formula is C19H23N3O. The van der Waals surface area contributed by atoms with Crippen LogP contribution in [-0.4, -0.2) is 43.0 Å². The summed E-state index contributed by atoms with van der Waals surface area (Å²) in [6.07, 6.45) is 5.78. The van der Waals surface area contributed by atoms with Crippen LogP contribution in [-0.2, 0) is 6.42 Å². The minimum atomic E-state index is 0.141. The van der Waals surface area contributed by atoms with Gasteiger partial charge in [-0.15, -0.1) is 0 Å². The van der Waals surface area contributed by atoms with Crippen LogP contribution in [0.15, 0.2) is 48.8 Å². The van der Waals surface area contributed by atoms with Crippen LogP contribution in [0.25, 0.3) is 0 Å². The van der Waals surface area contributed by atoms with Crippen molar-refractivity contribution < 1.29 is 4.79 Å². The Kier molecular flexibility index (Phi) is 4.60. The smallest absolute Gasteiger partial charge is 0.253 e. The lowest BCUT2D eigenvalue weighted by Gasteiger charge is -2.18. The first-order valence-corrected chi connectivity index (χ1v) is 8.09. The molecule has 4 nitrogen and oxygen atoms in total. The van der Waals surface area contributed by atoms with Gasteiger partial charge in [0.05, 0.1) is 0 Å². The molecule has 0 spiro atoms. The topological polar surface area (TPSA) is 36.4 Å². The Hall–Kier alpha value is -2.36. The van der Waals surface area contributed by atoms with Crippen LogP contribution in [0.2, 0.25) is 0 Å². The van der Waals surface area contributed by atoms with E-state index in [1.807, 2.05) is 60.4 Å². The fourth-order valence-electron chi connectivity index (χ4n) is 3.14. The predicted molar refractivity (Wildman–Crippen MR) is 92.7 cm³/mol. The van der Waals surface area contributed by atoms with E-state index < -0.39 is 0 Å². The highest BCUT2D eigenvalue weighted by Crippen LogP contribution is 2.23. The summed E-state index contributed by atoms with van der Waals surface area (Å²) in [5, 5.41) is 0. The van der Waals surface area contributed by atoms with Crippen molar-refractivity contribution in [2.24, 2.45) is 5.92 Å². The van der Waals surface area contributed by atoms with Crippen LogP contribution in [0.5, 0.6) is 0 Å². The molecule has 0 bridgehead atoms. The van der Waals surface area contributed by atoms with Crippen LogP contribution in [0.1, 0.15) is 22.3 Å². The molecule has 1 aliphatic rings. The van der Waals surface area contributed by atoms with Crippen LogP contribution in [0.4, 0.5) is 5.69 Å². The van der Waals surface area contributed by atoms with Gasteiger partial charge in [0.15, 0.2) is 0 Å². The zero-order valence-electron chi connectivity index (χ0n) is 13.8. The van der Waals surface area contributed by atoms with E-state index in [9.17, 15) is 4.79 Å². The lowest BCUT2D eigenvalue weighted by molar-refractivity contribution is 0.0787. The fraction of sp³-hybridized carbons (Fsp3) is 0.368. The first kappa shape index (κ1) is 15.5. The van der Waals surface area contributed by atoms with Crippen molar-refractivity contribution >= 4 is 11.6 Å². The number of rotatable bonds is 4. The van der Waals surface area contributed by atoms with Crippen molar-refractivity contribution in [2.45, 2.75) is 12.8 Å². The number of aromatic nitrogens is 1. The van der Waals surface area contributed by atoms with Gasteiger partial charge in [-0.05, 0) is 48.6 Å². The van der Waals surface area contributed by atoms with Crippen molar-refractivity contribution in [2.75, 3.05) is 32.1 Å². The van der Waals surface area contributed by atoms with E-state index >= 15 is 0 Å². The van der Waals surface area contributed by atoms with Crippen molar-refractivity contribution in [1.82, 2.24) is 9.88 Å². The number of likely N-dealkylation sites (tertiary alicyclic amines) is 1. The molecule has 3 rings (SSSR count). The van der Waals surface area contributed by atoms with Gasteiger partial charge in [0, 0.05) is 50.8 Å². The molecular weight excluding hydrogens is 286 g/mol. The van der Waals surface area contributed by atoms with Gasteiger partial charge in [0.25, 0.3) is 5.91 Å². The summed E-state index contributed by atoms with van der Waals surface area (Å²) in [5.41, 5.74) is 3.08. The van der Waals surface area contributed by atoms with Gasteiger partial charge in [0.2, 0.25) is 0 Å². The molecule has 1 atom stereocenters. The molecule has 1 fully saturated rings. The molecule has 1 aromatic heterocycles. The zero-order valence-corrected chi connectivity index (χ0v) is 13.8. The second-order valence-electron chi connectivity index (χ2n) is 6.42. The number of amides is 1. The lowest BCUT2D eigenvalue weighted by atomic mass is 10.00. The molecule has 0 aliphatic carbocycles. The molecule has 120 valence electrons. The fourth-order valence-corrected chi connectivity index (χ4v) is 3.14. The van der Waals surface area contributed by atoms with Gasteiger partial charge in [0.1, 0.15) is 0 Å². The van der Waals surface area contributed by atoms with Crippen molar-refractivity contribution in [3.05, 3.63) is 59.9 Å². The van der Waals surface area contributed by atoms with E-state index in [1.54, 1.807) is 6.20 Å². The van der Waals surface area contributed by atoms with Crippen molar-refractivity contribution in [3.8, 4) is 0 Å². The SMILES string of the molecule is CN(C)c1cccc(C(=O)N2CCC(Cc3cccnc3)C2)c1. The number of carbonyl (C=O) groups excluding carboxylic acids is 1. The molecule has 2 heterocycles. The molecule has 1 amide bonds. The van der Waals surface area contributed by atoms with Crippen molar-refractivity contribution in [1.29, 1.82) is 0 Å². The molecule has 2 aromatic rings. The molecule has 0 radical (unpaired) electrons. The van der Waals surface area contributed by atoms with Crippen LogP contribution in [0.3, 0.4) is 0 Å². The third kappa shape index (κ3) is 3.70. The van der Waals surface area contributed by atoms with Gasteiger partial charge in [-0.3, -0.25) is 9.78 Å². The number of benzene rings is 1. The third-order valence-electron chi connectivity index (χ3n) is 4.43. The Bertz CT molecular complexity index is 669. The second kappa shape index (κ2) is 6.82. The monoisotopic (exact) mass is 309 g/mol. The maximum atomic E-state index is 12.7. The highest BCUT2D eigenvalue weighted by Gasteiger charge is 2.27. The molecule has 1 aliphatic heterocycles. The summed E-state index contributed by atoms with van der Waals surface area (Å²) in [4.78, 5) is 20.9. The summed E-state index contributed by atoms with van der Waals surface area (Å²) in [6, 6.07) is 11.9. The summed E-state index contributed by atoms with van der Waals surface area (Å²) < 4.78 is 0. The zero-order chi connectivity index (χ0) is 16.2. The highest BCUT2D eigenvalue weighted by molar-refractivity contribution is 5.95. The first-order chi connectivity index (χ1) is 11.1. The molecule has 1 saturated heterocycles. The first-order valence-electron chi connectivity index (χ1n) is 8.09. The van der Waals surface area contributed by atoms with Gasteiger partial charge in [-0.25, -0.2) is 0 Å². The number of carbonyl (C=O) groups is 1. The molecule has 1 unspecified atom stereocenters. The van der Waals surface area contributed by atoms with E-state index in [1.165, 1.54) is 5.56 Å². The van der Waals surface area contributed by atoms with E-state index in [-0.39, 0.29) is 5.91 Å². The molecule has 23 heavy (non-hydrogen) atoms. The predicted octanol–water partition coefficient (Wildman–Crippen LogP) is 2.85. The summed E-state index contributed by atoms with van der Waals surface area (Å²) in [7, 11) is 3.98. The Labute approximate surface area is 137 Å². The normalized spacial score (nSPS) is 17.3. The number of hydrogen-bond acceptors (Lipinski definition) is 3. The molecule has 0 N–H and O–H groups in total. The van der Waals surface area contributed by atoms with Gasteiger partial charge >= 0.3 is 0 Å². The Balaban J connectivity index is 1.64. The van der Waals surface area contributed by atoms with Crippen molar-refractivity contribution in [3.63, 3.8) is 0 Å². The Morgan fingerprint density at radius 2 is 2.17 bits per heavy atom. The van der Waals surface area contributed by atoms with Crippen LogP contribution >= 0.6 is 0 Å². The highest BCUT2D eigenvalue weighted by atomic mass is 16.2. The molecule has 1 aromatic carbocycles. The van der Waals surface area contributed by atoms with Gasteiger partial charge in [-0.2, -0.15) is 0 Å². The van der Waals surface area contributed by atoms with E-state index in [0.29, 0.717) is 5.92 Å². The Morgan fingerprint density at radius 1 is 1.30 bits per heavy atom. The quantitative estimate of drug-likeness (QED) is 0.871. The average Bonchev–Trinajstić information content (AvgIpc) is 3.03. The third-order valence-corrected chi connectivity index (χ3v) is 4.43. The number of hydrogen-bond donors (Lipinski definition) is 0. The summed E-state index contributed by atoms with van der Waals surface area (Å²) in [6.45, 7) is 1.68. The minimum absolute atomic E-state index is 0.141. The van der Waals surface area contributed by atoms with Crippen LogP contribution < -0.4 is 4.90 Å². The largest absolute Gasteiger partial charge is 0.378 e. The summed E-state index contributed by atoms with van der Waals surface area (Å²) >= 11 is 0. The maximum absolute atomic E-state index is 12.7. The molecule has 0 saturated carbocycles. The second-order valence-corrected chi connectivity index (χ2v) is 6.42. The standard InChI is InChI=1S/C19H23N3O/c1-21(2)18-7-3-6-17(12-18)19(23)22-10-8-16(14-22)11-15-5-4-9-20-13-15/h3-7,9,12-13,16H,8,10-11,14H2,1-2H3. The van der Waals surface area contributed by atoms with Gasteiger partial charge in [-0.1, -0.05) is 12.1 Å². The minimum Gasteiger partial charge on any atom is -0.378 e. The maximum Gasteiger partial charge on any atom is 0.253 e. The van der Waals surface area contributed by atoms with E-state index in [4.69, 9.17) is 0 Å². The lowest BCUT2D eigenvalue weighted by Crippen LogP contribution is -2.29. The average molecular weight is 309 g/mol. The summed E-state index contributed by atoms with van der Waals surface area (Å²) in [5.74, 6) is 0.669. The van der Waals surface area contributed by atoms with Crippen LogP contribution in [0, 0.1) is 5.92 Å². The molecule has 4 heteroatoms. The van der Waals surface area contributed by atoms with Gasteiger partial charge < -0.3 is 9.80 Å². The van der Waals surface area contributed by atoms with E-state index in [0.717, 1.165) is 37.2 Å². The number of pyridine rings is 1. The number of anilines is 1. The van der Waals surface area contributed by atoms with E-state index in [2.05, 4.69) is 11.1 Å².